The molecule has 0 radical (unpaired) electrons. The predicted molar refractivity (Wildman–Crippen MR) is 56.3 cm³/mol. The molecule has 0 saturated heterocycles. The number of aromatic carboxylic acids is 1. The molecule has 0 bridgehead atoms. The molecule has 82 valence electrons. The molecule has 0 aliphatic heterocycles. The van der Waals surface area contributed by atoms with Crippen LogP contribution >= 0.6 is 11.3 Å². The lowest BCUT2D eigenvalue weighted by Crippen LogP contribution is -2.26. The summed E-state index contributed by atoms with van der Waals surface area (Å²) in [5, 5.41) is 11.4. The van der Waals surface area contributed by atoms with Crippen LogP contribution in [-0.2, 0) is 4.79 Å². The molecule has 0 aliphatic carbocycles. The van der Waals surface area contributed by atoms with E-state index in [2.05, 4.69) is 10.3 Å². The topological polar surface area (TPSA) is 82.5 Å². The maximum atomic E-state index is 11.3. The van der Waals surface area contributed by atoms with Crippen molar-refractivity contribution in [1.82, 2.24) is 9.88 Å². The lowest BCUT2D eigenvalue weighted by molar-refractivity contribution is -0.116. The van der Waals surface area contributed by atoms with E-state index in [-0.39, 0.29) is 17.3 Å². The van der Waals surface area contributed by atoms with Gasteiger partial charge in [-0.2, -0.15) is 0 Å². The minimum atomic E-state index is -1.04. The van der Waals surface area contributed by atoms with Gasteiger partial charge in [0.15, 0.2) is 5.13 Å². The Morgan fingerprint density at radius 2 is 2.27 bits per heavy atom. The van der Waals surface area contributed by atoms with Crippen LogP contribution in [0.5, 0.6) is 0 Å². The maximum Gasteiger partial charge on any atom is 0.347 e. The van der Waals surface area contributed by atoms with Crippen LogP contribution in [0.2, 0.25) is 0 Å². The van der Waals surface area contributed by atoms with E-state index < -0.39 is 5.97 Å². The van der Waals surface area contributed by atoms with Crippen LogP contribution in [0.15, 0.2) is 6.20 Å². The van der Waals surface area contributed by atoms with Crippen molar-refractivity contribution in [2.45, 2.75) is 0 Å². The first-order valence-corrected chi connectivity index (χ1v) is 4.94. The number of likely N-dealkylation sites (N-methyl/N-ethyl adjacent to an activating group) is 1. The van der Waals surface area contributed by atoms with Crippen molar-refractivity contribution in [1.29, 1.82) is 0 Å². The average molecular weight is 229 g/mol. The minimum absolute atomic E-state index is 0.107. The number of rotatable bonds is 4. The van der Waals surface area contributed by atoms with Gasteiger partial charge in [-0.05, 0) is 14.1 Å². The zero-order chi connectivity index (χ0) is 11.4. The first-order valence-electron chi connectivity index (χ1n) is 4.12. The van der Waals surface area contributed by atoms with Crippen molar-refractivity contribution in [3.8, 4) is 0 Å². The molecule has 0 spiro atoms. The van der Waals surface area contributed by atoms with Gasteiger partial charge in [0.2, 0.25) is 5.91 Å². The van der Waals surface area contributed by atoms with Crippen LogP contribution in [0, 0.1) is 0 Å². The highest BCUT2D eigenvalue weighted by molar-refractivity contribution is 7.17. The van der Waals surface area contributed by atoms with E-state index in [1.165, 1.54) is 6.20 Å². The number of thiazole rings is 1. The standard InChI is InChI=1S/C8H11N3O3S/c1-11(2)4-6(12)10-8-9-3-5(15-8)7(13)14/h3H,4H2,1-2H3,(H,13,14)(H,9,10,12). The molecule has 0 atom stereocenters. The molecule has 0 aromatic carbocycles. The van der Waals surface area contributed by atoms with E-state index in [4.69, 9.17) is 5.11 Å². The third-order valence-corrected chi connectivity index (χ3v) is 2.32. The molecule has 1 aromatic heterocycles. The number of nitrogens with one attached hydrogen (secondary N) is 1. The number of aromatic nitrogens is 1. The average Bonchev–Trinajstić information content (AvgIpc) is 2.50. The molecule has 1 heterocycles. The number of carbonyl (C=O) groups excluding carboxylic acids is 1. The predicted octanol–water partition coefficient (Wildman–Crippen LogP) is 0.341. The second-order valence-corrected chi connectivity index (χ2v) is 4.15. The van der Waals surface area contributed by atoms with Crippen LogP contribution in [0.3, 0.4) is 0 Å². The van der Waals surface area contributed by atoms with Gasteiger partial charge in [-0.1, -0.05) is 11.3 Å². The quantitative estimate of drug-likeness (QED) is 0.778. The highest BCUT2D eigenvalue weighted by atomic mass is 32.1. The fourth-order valence-electron chi connectivity index (χ4n) is 0.877. The van der Waals surface area contributed by atoms with Gasteiger partial charge in [0.05, 0.1) is 12.7 Å². The Balaban J connectivity index is 2.57. The monoisotopic (exact) mass is 229 g/mol. The van der Waals surface area contributed by atoms with Crippen molar-refractivity contribution in [3.05, 3.63) is 11.1 Å². The molecular formula is C8H11N3O3S. The molecule has 15 heavy (non-hydrogen) atoms. The van der Waals surface area contributed by atoms with Crippen molar-refractivity contribution in [3.63, 3.8) is 0 Å². The van der Waals surface area contributed by atoms with Gasteiger partial charge in [0, 0.05) is 0 Å². The first kappa shape index (κ1) is 11.6. The van der Waals surface area contributed by atoms with Crippen LogP contribution in [-0.4, -0.2) is 47.5 Å². The number of hydrogen-bond donors (Lipinski definition) is 2. The second-order valence-electron chi connectivity index (χ2n) is 3.12. The summed E-state index contributed by atoms with van der Waals surface area (Å²) in [4.78, 5) is 27.4. The van der Waals surface area contributed by atoms with Crippen molar-refractivity contribution >= 4 is 28.3 Å². The van der Waals surface area contributed by atoms with Crippen molar-refractivity contribution in [2.24, 2.45) is 0 Å². The van der Waals surface area contributed by atoms with E-state index in [1.807, 2.05) is 0 Å². The molecule has 0 saturated carbocycles. The molecule has 6 nitrogen and oxygen atoms in total. The number of carboxylic acids is 1. The Morgan fingerprint density at radius 1 is 1.60 bits per heavy atom. The van der Waals surface area contributed by atoms with Gasteiger partial charge in [-0.15, -0.1) is 0 Å². The first-order chi connectivity index (χ1) is 6.99. The van der Waals surface area contributed by atoms with Crippen LogP contribution in [0.4, 0.5) is 5.13 Å². The summed E-state index contributed by atoms with van der Waals surface area (Å²) in [6, 6.07) is 0. The zero-order valence-corrected chi connectivity index (χ0v) is 9.17. The van der Waals surface area contributed by atoms with Gasteiger partial charge in [-0.3, -0.25) is 4.79 Å². The van der Waals surface area contributed by atoms with Gasteiger partial charge >= 0.3 is 5.97 Å². The van der Waals surface area contributed by atoms with Crippen LogP contribution < -0.4 is 5.32 Å². The van der Waals surface area contributed by atoms with Gasteiger partial charge in [0.25, 0.3) is 0 Å². The SMILES string of the molecule is CN(C)CC(=O)Nc1ncc(C(=O)O)s1. The smallest absolute Gasteiger partial charge is 0.347 e. The lowest BCUT2D eigenvalue weighted by atomic mass is 10.5. The highest BCUT2D eigenvalue weighted by Gasteiger charge is 2.10. The number of anilines is 1. The van der Waals surface area contributed by atoms with Crippen molar-refractivity contribution in [2.75, 3.05) is 26.0 Å². The number of amides is 1. The third kappa shape index (κ3) is 3.64. The van der Waals surface area contributed by atoms with Gasteiger partial charge in [0.1, 0.15) is 4.88 Å². The maximum absolute atomic E-state index is 11.3. The molecule has 1 rings (SSSR count). The molecular weight excluding hydrogens is 218 g/mol. The van der Waals surface area contributed by atoms with Gasteiger partial charge < -0.3 is 15.3 Å². The van der Waals surface area contributed by atoms with E-state index in [1.54, 1.807) is 19.0 Å². The Kier molecular flexibility index (Phi) is 3.75. The Morgan fingerprint density at radius 3 is 2.73 bits per heavy atom. The number of carboxylic acid groups (broad SMARTS) is 1. The van der Waals surface area contributed by atoms with E-state index in [9.17, 15) is 9.59 Å². The summed E-state index contributed by atoms with van der Waals surface area (Å²) < 4.78 is 0. The van der Waals surface area contributed by atoms with Crippen molar-refractivity contribution < 1.29 is 14.7 Å². The third-order valence-electron chi connectivity index (χ3n) is 1.42. The summed E-state index contributed by atoms with van der Waals surface area (Å²) in [7, 11) is 3.54. The Bertz CT molecular complexity index is 375. The minimum Gasteiger partial charge on any atom is -0.477 e. The fraction of sp³-hybridized carbons (Fsp3) is 0.375. The van der Waals surface area contributed by atoms with E-state index >= 15 is 0 Å². The summed E-state index contributed by atoms with van der Waals surface area (Å²) in [6.45, 7) is 0.238. The number of hydrogen-bond acceptors (Lipinski definition) is 5. The fourth-order valence-corrected chi connectivity index (χ4v) is 1.55. The molecule has 0 aliphatic rings. The molecule has 2 N–H and O–H groups in total. The molecule has 0 fully saturated rings. The Labute approximate surface area is 90.5 Å². The van der Waals surface area contributed by atoms with E-state index in [0.717, 1.165) is 11.3 Å². The zero-order valence-electron chi connectivity index (χ0n) is 8.35. The molecule has 0 unspecified atom stereocenters. The summed E-state index contributed by atoms with van der Waals surface area (Å²) in [5.74, 6) is -1.26. The summed E-state index contributed by atoms with van der Waals surface area (Å²) >= 11 is 0.935. The molecule has 1 aromatic rings. The van der Waals surface area contributed by atoms with Gasteiger partial charge in [-0.25, -0.2) is 9.78 Å². The van der Waals surface area contributed by atoms with Crippen LogP contribution in [0.25, 0.3) is 0 Å². The molecule has 7 heteroatoms. The lowest BCUT2D eigenvalue weighted by Gasteiger charge is -2.07. The second kappa shape index (κ2) is 4.85. The van der Waals surface area contributed by atoms with E-state index in [0.29, 0.717) is 5.13 Å². The van der Waals surface area contributed by atoms with Crippen LogP contribution in [0.1, 0.15) is 9.67 Å². The highest BCUT2D eigenvalue weighted by Crippen LogP contribution is 2.17. The number of carbonyl (C=O) groups is 2. The Hall–Kier alpha value is -1.47. The summed E-state index contributed by atoms with van der Waals surface area (Å²) in [5.41, 5.74) is 0. The molecule has 1 amide bonds. The number of nitrogens with zero attached hydrogens (tertiary/aromatic N) is 2. The summed E-state index contributed by atoms with van der Waals surface area (Å²) in [6.07, 6.45) is 1.22. The normalized spacial score (nSPS) is 10.3. The largest absolute Gasteiger partial charge is 0.477 e.